The molecule has 1 atom stereocenters. The maximum Gasteiger partial charge on any atom is 0.320 e. The molecule has 0 aromatic carbocycles. The highest BCUT2D eigenvalue weighted by molar-refractivity contribution is 9.09. The van der Waals surface area contributed by atoms with Crippen LogP contribution < -0.4 is 11.1 Å². The van der Waals surface area contributed by atoms with E-state index in [9.17, 15) is 9.59 Å². The molecule has 0 aliphatic rings. The van der Waals surface area contributed by atoms with Crippen LogP contribution in [0, 0.1) is 0 Å². The Morgan fingerprint density at radius 1 is 1.11 bits per heavy atom. The van der Waals surface area contributed by atoms with Crippen LogP contribution in [-0.4, -0.2) is 34.9 Å². The van der Waals surface area contributed by atoms with Gasteiger partial charge >= 0.3 is 5.97 Å². The van der Waals surface area contributed by atoms with Crippen molar-refractivity contribution in [2.24, 2.45) is 5.73 Å². The molecule has 0 aromatic heterocycles. The molecule has 19 heavy (non-hydrogen) atoms. The van der Waals surface area contributed by atoms with Crippen LogP contribution in [0.3, 0.4) is 0 Å². The number of aliphatic carboxylic acids is 1. The van der Waals surface area contributed by atoms with Crippen LogP contribution in [0.25, 0.3) is 0 Å². The van der Waals surface area contributed by atoms with Crippen LogP contribution >= 0.6 is 15.9 Å². The van der Waals surface area contributed by atoms with E-state index in [4.69, 9.17) is 10.8 Å². The standard InChI is InChI=1S/C13H25BrN2O3/c14-9-5-2-1-3-8-12(17)16-10-6-4-7-11(15)13(18)19/h11H,1-10,15H2,(H,16,17)(H,18,19)/t11-/m0/s1. The van der Waals surface area contributed by atoms with E-state index in [1.54, 1.807) is 0 Å². The molecule has 0 aliphatic heterocycles. The highest BCUT2D eigenvalue weighted by Crippen LogP contribution is 2.04. The van der Waals surface area contributed by atoms with E-state index in [1.807, 2.05) is 0 Å². The molecule has 0 rings (SSSR count). The van der Waals surface area contributed by atoms with Crippen molar-refractivity contribution in [1.82, 2.24) is 5.32 Å². The Hall–Kier alpha value is -0.620. The van der Waals surface area contributed by atoms with E-state index in [1.165, 1.54) is 0 Å². The fourth-order valence-electron chi connectivity index (χ4n) is 1.66. The number of halogens is 1. The lowest BCUT2D eigenvalue weighted by Crippen LogP contribution is -2.30. The molecule has 0 heterocycles. The van der Waals surface area contributed by atoms with Crippen molar-refractivity contribution in [3.8, 4) is 0 Å². The van der Waals surface area contributed by atoms with Crippen molar-refractivity contribution < 1.29 is 14.7 Å². The van der Waals surface area contributed by atoms with Crippen LogP contribution in [0.5, 0.6) is 0 Å². The minimum absolute atomic E-state index is 0.0846. The Bertz CT molecular complexity index is 262. The van der Waals surface area contributed by atoms with Crippen molar-refractivity contribution in [3.63, 3.8) is 0 Å². The van der Waals surface area contributed by atoms with Crippen molar-refractivity contribution in [1.29, 1.82) is 0 Å². The summed E-state index contributed by atoms with van der Waals surface area (Å²) < 4.78 is 0. The van der Waals surface area contributed by atoms with Crippen molar-refractivity contribution in [3.05, 3.63) is 0 Å². The monoisotopic (exact) mass is 336 g/mol. The van der Waals surface area contributed by atoms with Crippen LogP contribution in [0.2, 0.25) is 0 Å². The summed E-state index contributed by atoms with van der Waals surface area (Å²) in [6.45, 7) is 0.604. The first-order valence-electron chi connectivity index (χ1n) is 6.89. The number of carbonyl (C=O) groups excluding carboxylic acids is 1. The normalized spacial score (nSPS) is 12.1. The topological polar surface area (TPSA) is 92.4 Å². The summed E-state index contributed by atoms with van der Waals surface area (Å²) in [6, 6.07) is -0.787. The van der Waals surface area contributed by atoms with Gasteiger partial charge in [-0.2, -0.15) is 0 Å². The van der Waals surface area contributed by atoms with E-state index in [-0.39, 0.29) is 5.91 Å². The lowest BCUT2D eigenvalue weighted by molar-refractivity contribution is -0.138. The number of hydrogen-bond acceptors (Lipinski definition) is 3. The van der Waals surface area contributed by atoms with E-state index in [0.717, 1.165) is 43.9 Å². The molecule has 5 nitrogen and oxygen atoms in total. The number of hydrogen-bond donors (Lipinski definition) is 3. The zero-order chi connectivity index (χ0) is 14.5. The highest BCUT2D eigenvalue weighted by Gasteiger charge is 2.10. The summed E-state index contributed by atoms with van der Waals surface area (Å²) in [7, 11) is 0. The van der Waals surface area contributed by atoms with E-state index < -0.39 is 12.0 Å². The molecule has 0 bridgehead atoms. The number of carboxylic acid groups (broad SMARTS) is 1. The van der Waals surface area contributed by atoms with Gasteiger partial charge in [0, 0.05) is 18.3 Å². The molecule has 112 valence electrons. The first-order chi connectivity index (χ1) is 9.07. The molecule has 0 spiro atoms. The zero-order valence-corrected chi connectivity index (χ0v) is 13.0. The molecule has 1 amide bonds. The molecular weight excluding hydrogens is 312 g/mol. The Balaban J connectivity index is 3.31. The number of nitrogens with two attached hydrogens (primary N) is 1. The highest BCUT2D eigenvalue weighted by atomic mass is 79.9. The van der Waals surface area contributed by atoms with Crippen LogP contribution in [0.1, 0.15) is 51.4 Å². The third-order valence-electron chi connectivity index (χ3n) is 2.87. The molecule has 0 aliphatic carbocycles. The molecule has 0 saturated carbocycles. The minimum Gasteiger partial charge on any atom is -0.480 e. The molecule has 0 fully saturated rings. The van der Waals surface area contributed by atoms with E-state index in [0.29, 0.717) is 19.4 Å². The van der Waals surface area contributed by atoms with Crippen molar-refractivity contribution in [2.75, 3.05) is 11.9 Å². The zero-order valence-electron chi connectivity index (χ0n) is 11.4. The molecular formula is C13H25BrN2O3. The third kappa shape index (κ3) is 12.2. The number of rotatable bonds is 12. The fraction of sp³-hybridized carbons (Fsp3) is 0.846. The first-order valence-corrected chi connectivity index (χ1v) is 8.01. The molecule has 4 N–H and O–H groups in total. The van der Waals surface area contributed by atoms with Gasteiger partial charge in [0.25, 0.3) is 0 Å². The SMILES string of the molecule is N[C@@H](CCCCNC(=O)CCCCCCBr)C(=O)O. The molecule has 0 unspecified atom stereocenters. The van der Waals surface area contributed by atoms with Crippen LogP contribution in [-0.2, 0) is 9.59 Å². The van der Waals surface area contributed by atoms with Crippen LogP contribution in [0.15, 0.2) is 0 Å². The fourth-order valence-corrected chi connectivity index (χ4v) is 2.06. The number of unbranched alkanes of at least 4 members (excludes halogenated alkanes) is 4. The number of alkyl halides is 1. The van der Waals surface area contributed by atoms with Crippen LogP contribution in [0.4, 0.5) is 0 Å². The predicted octanol–water partition coefficient (Wildman–Crippen LogP) is 2.03. The maximum absolute atomic E-state index is 11.4. The molecule has 0 radical (unpaired) electrons. The number of carboxylic acids is 1. The Kier molecular flexibility index (Phi) is 12.0. The average molecular weight is 337 g/mol. The minimum atomic E-state index is -0.965. The molecule has 6 heteroatoms. The van der Waals surface area contributed by atoms with Crippen molar-refractivity contribution >= 4 is 27.8 Å². The van der Waals surface area contributed by atoms with Gasteiger partial charge < -0.3 is 16.2 Å². The lowest BCUT2D eigenvalue weighted by atomic mass is 10.1. The van der Waals surface area contributed by atoms with Gasteiger partial charge in [0.1, 0.15) is 6.04 Å². The summed E-state index contributed by atoms with van der Waals surface area (Å²) in [6.07, 6.45) is 6.87. The second-order valence-electron chi connectivity index (χ2n) is 4.64. The Morgan fingerprint density at radius 3 is 2.42 bits per heavy atom. The van der Waals surface area contributed by atoms with Gasteiger partial charge in [-0.25, -0.2) is 0 Å². The largest absolute Gasteiger partial charge is 0.480 e. The summed E-state index contributed by atoms with van der Waals surface area (Å²) in [4.78, 5) is 21.9. The van der Waals surface area contributed by atoms with E-state index >= 15 is 0 Å². The summed E-state index contributed by atoms with van der Waals surface area (Å²) >= 11 is 3.37. The Morgan fingerprint density at radius 2 is 1.79 bits per heavy atom. The quantitative estimate of drug-likeness (QED) is 0.375. The average Bonchev–Trinajstić information content (AvgIpc) is 2.37. The summed E-state index contributed by atoms with van der Waals surface area (Å²) in [5.74, 6) is -0.881. The first kappa shape index (κ1) is 18.4. The number of nitrogens with one attached hydrogen (secondary N) is 1. The van der Waals surface area contributed by atoms with Gasteiger partial charge in [-0.3, -0.25) is 9.59 Å². The van der Waals surface area contributed by atoms with Gasteiger partial charge in [0.05, 0.1) is 0 Å². The van der Waals surface area contributed by atoms with Gasteiger partial charge in [0.15, 0.2) is 0 Å². The smallest absolute Gasteiger partial charge is 0.320 e. The van der Waals surface area contributed by atoms with Gasteiger partial charge in [0.2, 0.25) is 5.91 Å². The van der Waals surface area contributed by atoms with Crippen molar-refractivity contribution in [2.45, 2.75) is 57.4 Å². The summed E-state index contributed by atoms with van der Waals surface area (Å²) in [5.41, 5.74) is 5.37. The Labute approximate surface area is 123 Å². The van der Waals surface area contributed by atoms with Gasteiger partial charge in [-0.15, -0.1) is 0 Å². The third-order valence-corrected chi connectivity index (χ3v) is 3.43. The van der Waals surface area contributed by atoms with Gasteiger partial charge in [-0.05, 0) is 32.1 Å². The second kappa shape index (κ2) is 12.4. The van der Waals surface area contributed by atoms with Gasteiger partial charge in [-0.1, -0.05) is 28.8 Å². The lowest BCUT2D eigenvalue weighted by Gasteiger charge is -2.07. The summed E-state index contributed by atoms with van der Waals surface area (Å²) in [5, 5.41) is 12.5. The predicted molar refractivity (Wildman–Crippen MR) is 79.4 cm³/mol. The second-order valence-corrected chi connectivity index (χ2v) is 5.44. The number of amides is 1. The maximum atomic E-state index is 11.4. The van der Waals surface area contributed by atoms with E-state index in [2.05, 4.69) is 21.2 Å². The molecule has 0 saturated heterocycles. The molecule has 0 aromatic rings. The number of carbonyl (C=O) groups is 2.